The summed E-state index contributed by atoms with van der Waals surface area (Å²) in [5.41, 5.74) is 5.18. The normalized spacial score (nSPS) is 11.0. The van der Waals surface area contributed by atoms with Crippen LogP contribution in [0.1, 0.15) is 23.7 Å². The van der Waals surface area contributed by atoms with Gasteiger partial charge in [0.05, 0.1) is 12.1 Å². The van der Waals surface area contributed by atoms with E-state index in [1.165, 1.54) is 5.56 Å². The minimum absolute atomic E-state index is 0.0842. The summed E-state index contributed by atoms with van der Waals surface area (Å²) < 4.78 is 2.00. The highest BCUT2D eigenvalue weighted by atomic mass is 32.1. The van der Waals surface area contributed by atoms with Crippen molar-refractivity contribution in [2.24, 2.45) is 0 Å². The van der Waals surface area contributed by atoms with Gasteiger partial charge in [-0.2, -0.15) is 0 Å². The number of rotatable bonds is 5. The standard InChI is InChI=1S/C21H20N4OS/c1-3-15-6-8-16(9-7-15)18-12-25-17(13-27-21(25)23-18)11-19(26)24-20-14(2)5-4-10-22-20/h4-10,12-13H,3,11H2,1-2H3,(H,22,24,26). The maximum atomic E-state index is 12.4. The zero-order valence-corrected chi connectivity index (χ0v) is 16.1. The Hall–Kier alpha value is -2.99. The zero-order valence-electron chi connectivity index (χ0n) is 15.3. The molecule has 136 valence electrons. The minimum Gasteiger partial charge on any atom is -0.310 e. The van der Waals surface area contributed by atoms with E-state index in [4.69, 9.17) is 4.98 Å². The van der Waals surface area contributed by atoms with Crippen LogP contribution in [0.4, 0.5) is 5.82 Å². The lowest BCUT2D eigenvalue weighted by atomic mass is 10.1. The van der Waals surface area contributed by atoms with Gasteiger partial charge in [0.25, 0.3) is 0 Å². The lowest BCUT2D eigenvalue weighted by Gasteiger charge is -2.06. The summed E-state index contributed by atoms with van der Waals surface area (Å²) in [7, 11) is 0. The van der Waals surface area contributed by atoms with Gasteiger partial charge in [0, 0.05) is 29.0 Å². The summed E-state index contributed by atoms with van der Waals surface area (Å²) in [6, 6.07) is 12.2. The van der Waals surface area contributed by atoms with Crippen molar-refractivity contribution in [2.45, 2.75) is 26.7 Å². The molecule has 27 heavy (non-hydrogen) atoms. The van der Waals surface area contributed by atoms with Gasteiger partial charge in [-0.15, -0.1) is 11.3 Å². The second kappa shape index (κ2) is 7.32. The molecule has 0 unspecified atom stereocenters. The van der Waals surface area contributed by atoms with E-state index in [0.29, 0.717) is 5.82 Å². The van der Waals surface area contributed by atoms with E-state index < -0.39 is 0 Å². The molecule has 0 fully saturated rings. The fourth-order valence-electron chi connectivity index (χ4n) is 2.96. The molecule has 0 saturated carbocycles. The second-order valence-corrected chi connectivity index (χ2v) is 7.29. The number of pyridine rings is 1. The van der Waals surface area contributed by atoms with Gasteiger partial charge in [0.1, 0.15) is 5.82 Å². The topological polar surface area (TPSA) is 59.3 Å². The van der Waals surface area contributed by atoms with Crippen LogP contribution >= 0.6 is 11.3 Å². The molecular formula is C21H20N4OS. The molecule has 1 amide bonds. The average Bonchev–Trinajstić information content (AvgIpc) is 3.26. The number of benzene rings is 1. The fraction of sp³-hybridized carbons (Fsp3) is 0.190. The first kappa shape index (κ1) is 17.4. The number of hydrogen-bond donors (Lipinski definition) is 1. The molecule has 4 rings (SSSR count). The Morgan fingerprint density at radius 3 is 2.78 bits per heavy atom. The Morgan fingerprint density at radius 1 is 1.22 bits per heavy atom. The third kappa shape index (κ3) is 3.61. The molecule has 0 aliphatic carbocycles. The van der Waals surface area contributed by atoms with Crippen LogP contribution < -0.4 is 5.32 Å². The largest absolute Gasteiger partial charge is 0.310 e. The smallest absolute Gasteiger partial charge is 0.231 e. The van der Waals surface area contributed by atoms with E-state index in [1.807, 2.05) is 35.0 Å². The van der Waals surface area contributed by atoms with E-state index in [0.717, 1.165) is 33.9 Å². The molecule has 3 aromatic heterocycles. The highest BCUT2D eigenvalue weighted by Crippen LogP contribution is 2.24. The summed E-state index contributed by atoms with van der Waals surface area (Å²) in [6.07, 6.45) is 4.98. The summed E-state index contributed by atoms with van der Waals surface area (Å²) in [5.74, 6) is 0.523. The zero-order chi connectivity index (χ0) is 18.8. The number of hydrogen-bond acceptors (Lipinski definition) is 4. The summed E-state index contributed by atoms with van der Waals surface area (Å²) in [5, 5.41) is 4.87. The number of aryl methyl sites for hydroxylation is 2. The SMILES string of the molecule is CCc1ccc(-c2cn3c(CC(=O)Nc4ncccc4C)csc3n2)cc1. The van der Waals surface area contributed by atoms with Crippen LogP contribution in [0, 0.1) is 6.92 Å². The van der Waals surface area contributed by atoms with Crippen molar-refractivity contribution in [3.63, 3.8) is 0 Å². The quantitative estimate of drug-likeness (QED) is 0.557. The van der Waals surface area contributed by atoms with Gasteiger partial charge in [-0.3, -0.25) is 9.20 Å². The first-order chi connectivity index (χ1) is 13.1. The van der Waals surface area contributed by atoms with Gasteiger partial charge >= 0.3 is 0 Å². The molecular weight excluding hydrogens is 356 g/mol. The molecule has 6 heteroatoms. The predicted octanol–water partition coefficient (Wildman–Crippen LogP) is 4.51. The number of nitrogens with one attached hydrogen (secondary N) is 1. The summed E-state index contributed by atoms with van der Waals surface area (Å²) in [6.45, 7) is 4.07. The van der Waals surface area contributed by atoms with E-state index in [-0.39, 0.29) is 12.3 Å². The van der Waals surface area contributed by atoms with Crippen molar-refractivity contribution in [2.75, 3.05) is 5.32 Å². The number of imidazole rings is 1. The average molecular weight is 376 g/mol. The van der Waals surface area contributed by atoms with Crippen molar-refractivity contribution in [3.8, 4) is 11.3 Å². The van der Waals surface area contributed by atoms with Crippen LogP contribution in [0.2, 0.25) is 0 Å². The molecule has 1 N–H and O–H groups in total. The monoisotopic (exact) mass is 376 g/mol. The van der Waals surface area contributed by atoms with Gasteiger partial charge in [-0.1, -0.05) is 37.3 Å². The molecule has 0 radical (unpaired) electrons. The molecule has 3 heterocycles. The molecule has 0 aliphatic rings. The molecule has 0 saturated heterocycles. The predicted molar refractivity (Wildman–Crippen MR) is 109 cm³/mol. The Bertz CT molecular complexity index is 1100. The highest BCUT2D eigenvalue weighted by molar-refractivity contribution is 7.15. The summed E-state index contributed by atoms with van der Waals surface area (Å²) >= 11 is 1.54. The van der Waals surface area contributed by atoms with Crippen molar-refractivity contribution in [1.29, 1.82) is 0 Å². The third-order valence-electron chi connectivity index (χ3n) is 4.55. The van der Waals surface area contributed by atoms with E-state index in [9.17, 15) is 4.79 Å². The van der Waals surface area contributed by atoms with Crippen LogP contribution in [-0.2, 0) is 17.6 Å². The Balaban J connectivity index is 1.55. The number of carbonyl (C=O) groups is 1. The van der Waals surface area contributed by atoms with Crippen molar-refractivity contribution < 1.29 is 4.79 Å². The molecule has 4 aromatic rings. The molecule has 5 nitrogen and oxygen atoms in total. The first-order valence-electron chi connectivity index (χ1n) is 8.90. The maximum absolute atomic E-state index is 12.4. The number of carbonyl (C=O) groups excluding carboxylic acids is 1. The Labute approximate surface area is 161 Å². The van der Waals surface area contributed by atoms with E-state index in [2.05, 4.69) is 41.5 Å². The number of fused-ring (bicyclic) bond motifs is 1. The number of amides is 1. The number of aromatic nitrogens is 3. The third-order valence-corrected chi connectivity index (χ3v) is 5.44. The van der Waals surface area contributed by atoms with Crippen LogP contribution in [0.25, 0.3) is 16.2 Å². The molecule has 0 aliphatic heterocycles. The second-order valence-electron chi connectivity index (χ2n) is 6.45. The first-order valence-corrected chi connectivity index (χ1v) is 9.78. The molecule has 0 atom stereocenters. The van der Waals surface area contributed by atoms with Gasteiger partial charge in [-0.25, -0.2) is 9.97 Å². The van der Waals surface area contributed by atoms with Gasteiger partial charge in [0.15, 0.2) is 4.96 Å². The van der Waals surface area contributed by atoms with Gasteiger partial charge in [-0.05, 0) is 30.5 Å². The van der Waals surface area contributed by atoms with Crippen molar-refractivity contribution in [1.82, 2.24) is 14.4 Å². The van der Waals surface area contributed by atoms with Crippen LogP contribution in [0.3, 0.4) is 0 Å². The number of thiazole rings is 1. The highest BCUT2D eigenvalue weighted by Gasteiger charge is 2.13. The van der Waals surface area contributed by atoms with Crippen molar-refractivity contribution in [3.05, 3.63) is 71.0 Å². The lowest BCUT2D eigenvalue weighted by Crippen LogP contribution is -2.16. The molecule has 0 bridgehead atoms. The van der Waals surface area contributed by atoms with E-state index in [1.54, 1.807) is 17.5 Å². The van der Waals surface area contributed by atoms with Crippen molar-refractivity contribution >= 4 is 28.0 Å². The molecule has 0 spiro atoms. The Kier molecular flexibility index (Phi) is 4.73. The van der Waals surface area contributed by atoms with Crippen LogP contribution in [0.5, 0.6) is 0 Å². The Morgan fingerprint density at radius 2 is 2.04 bits per heavy atom. The van der Waals surface area contributed by atoms with E-state index >= 15 is 0 Å². The van der Waals surface area contributed by atoms with Gasteiger partial charge < -0.3 is 5.32 Å². The maximum Gasteiger partial charge on any atom is 0.231 e. The number of nitrogens with zero attached hydrogens (tertiary/aromatic N) is 3. The summed E-state index contributed by atoms with van der Waals surface area (Å²) in [4.78, 5) is 22.3. The lowest BCUT2D eigenvalue weighted by molar-refractivity contribution is -0.115. The minimum atomic E-state index is -0.0842. The molecule has 1 aromatic carbocycles. The fourth-order valence-corrected chi connectivity index (χ4v) is 3.84. The van der Waals surface area contributed by atoms with Gasteiger partial charge in [0.2, 0.25) is 5.91 Å². The van der Waals surface area contributed by atoms with Crippen LogP contribution in [-0.4, -0.2) is 20.3 Å². The number of anilines is 1. The van der Waals surface area contributed by atoms with Crippen LogP contribution in [0.15, 0.2) is 54.2 Å².